The maximum Gasteiger partial charge on any atom is 0.327 e. The molecule has 0 saturated carbocycles. The van der Waals surface area contributed by atoms with Crippen molar-refractivity contribution >= 4 is 13.3 Å². The van der Waals surface area contributed by atoms with Crippen molar-refractivity contribution in [3.63, 3.8) is 0 Å². The molecule has 24 heavy (non-hydrogen) atoms. The number of hydrogen-bond donors (Lipinski definition) is 4. The molecular formula is C16H21N2O5P. The first-order valence-corrected chi connectivity index (χ1v) is 9.27. The molecule has 0 bridgehead atoms. The third kappa shape index (κ3) is 4.96. The number of aromatic hydroxyl groups is 1. The minimum absolute atomic E-state index is 0.0249. The van der Waals surface area contributed by atoms with E-state index in [1.807, 2.05) is 0 Å². The van der Waals surface area contributed by atoms with Gasteiger partial charge in [0.05, 0.1) is 24.5 Å². The molecule has 1 aromatic carbocycles. The minimum Gasteiger partial charge on any atom is -0.504 e. The second-order valence-electron chi connectivity index (χ2n) is 5.40. The molecule has 0 amide bonds. The van der Waals surface area contributed by atoms with Crippen LogP contribution in [0.2, 0.25) is 0 Å². The van der Waals surface area contributed by atoms with E-state index >= 15 is 0 Å². The summed E-state index contributed by atoms with van der Waals surface area (Å²) in [4.78, 5) is 22.8. The molecule has 0 aliphatic rings. The molecular weight excluding hydrogens is 331 g/mol. The highest BCUT2D eigenvalue weighted by molar-refractivity contribution is 7.51. The van der Waals surface area contributed by atoms with Crippen LogP contribution < -0.4 is 10.1 Å². The maximum atomic E-state index is 11.5. The van der Waals surface area contributed by atoms with Crippen LogP contribution in [0.15, 0.2) is 36.7 Å². The minimum atomic E-state index is -4.27. The molecule has 4 N–H and O–H groups in total. The van der Waals surface area contributed by atoms with E-state index in [-0.39, 0.29) is 11.5 Å². The van der Waals surface area contributed by atoms with Crippen LogP contribution in [0, 0.1) is 6.92 Å². The Kier molecular flexibility index (Phi) is 5.83. The highest BCUT2D eigenvalue weighted by Crippen LogP contribution is 2.42. The number of benzene rings is 1. The predicted molar refractivity (Wildman–Crippen MR) is 91.5 cm³/mol. The van der Waals surface area contributed by atoms with E-state index < -0.39 is 19.8 Å². The van der Waals surface area contributed by atoms with Gasteiger partial charge in [0.1, 0.15) is 0 Å². The highest BCUT2D eigenvalue weighted by atomic mass is 31.2. The van der Waals surface area contributed by atoms with Gasteiger partial charge in [-0.2, -0.15) is 0 Å². The Morgan fingerprint density at radius 2 is 2.12 bits per heavy atom. The van der Waals surface area contributed by atoms with E-state index in [4.69, 9.17) is 4.74 Å². The molecule has 0 spiro atoms. The van der Waals surface area contributed by atoms with Gasteiger partial charge in [-0.05, 0) is 43.2 Å². The van der Waals surface area contributed by atoms with Crippen molar-refractivity contribution in [1.29, 1.82) is 0 Å². The van der Waals surface area contributed by atoms with Crippen LogP contribution in [-0.4, -0.2) is 32.6 Å². The summed E-state index contributed by atoms with van der Waals surface area (Å²) in [5.41, 5.74) is 1.82. The Morgan fingerprint density at radius 1 is 1.38 bits per heavy atom. The molecule has 0 saturated heterocycles. The van der Waals surface area contributed by atoms with Gasteiger partial charge in [-0.15, -0.1) is 0 Å². The van der Waals surface area contributed by atoms with E-state index in [2.05, 4.69) is 10.3 Å². The molecule has 8 heteroatoms. The number of phenolic OH excluding ortho intramolecular Hbond substituents is 1. The molecule has 1 aromatic heterocycles. The van der Waals surface area contributed by atoms with Gasteiger partial charge < -0.3 is 24.9 Å². The summed E-state index contributed by atoms with van der Waals surface area (Å²) in [7, 11) is -4.27. The van der Waals surface area contributed by atoms with E-state index in [0.29, 0.717) is 23.4 Å². The lowest BCUT2D eigenvalue weighted by Crippen LogP contribution is -2.16. The molecule has 1 heterocycles. The molecule has 130 valence electrons. The number of pyridine rings is 1. The molecule has 0 aliphatic carbocycles. The molecule has 0 aliphatic heterocycles. The number of anilines is 1. The van der Waals surface area contributed by atoms with Gasteiger partial charge in [-0.1, -0.05) is 6.07 Å². The van der Waals surface area contributed by atoms with Crippen molar-refractivity contribution < 1.29 is 24.2 Å². The molecule has 7 nitrogen and oxygen atoms in total. The Balaban J connectivity index is 2.41. The average Bonchev–Trinajstić information content (AvgIpc) is 2.51. The number of nitrogens with zero attached hydrogens (tertiary/aromatic N) is 1. The van der Waals surface area contributed by atoms with Crippen molar-refractivity contribution in [2.45, 2.75) is 19.9 Å². The maximum absolute atomic E-state index is 11.5. The molecule has 0 radical (unpaired) electrons. The van der Waals surface area contributed by atoms with Gasteiger partial charge in [0.2, 0.25) is 0 Å². The Bertz CT molecular complexity index is 733. The van der Waals surface area contributed by atoms with Crippen LogP contribution in [0.4, 0.5) is 5.69 Å². The fourth-order valence-corrected chi connectivity index (χ4v) is 3.14. The number of phenols is 1. The van der Waals surface area contributed by atoms with Gasteiger partial charge in [-0.25, -0.2) is 0 Å². The first-order valence-electron chi connectivity index (χ1n) is 7.47. The normalized spacial score (nSPS) is 12.7. The fraction of sp³-hybridized carbons (Fsp3) is 0.312. The first-order chi connectivity index (χ1) is 11.3. The quantitative estimate of drug-likeness (QED) is 0.567. The van der Waals surface area contributed by atoms with Gasteiger partial charge in [0, 0.05) is 12.4 Å². The van der Waals surface area contributed by atoms with E-state index in [9.17, 15) is 19.5 Å². The van der Waals surface area contributed by atoms with Crippen molar-refractivity contribution in [1.82, 2.24) is 4.98 Å². The lowest BCUT2D eigenvalue weighted by molar-refractivity contribution is 0.316. The number of ether oxygens (including phenoxy) is 1. The second-order valence-corrected chi connectivity index (χ2v) is 7.10. The van der Waals surface area contributed by atoms with Crippen molar-refractivity contribution in [3.8, 4) is 11.5 Å². The summed E-state index contributed by atoms with van der Waals surface area (Å²) in [5.74, 6) is 0.313. The summed E-state index contributed by atoms with van der Waals surface area (Å²) in [6.07, 6.45) is 2.79. The average molecular weight is 352 g/mol. The van der Waals surface area contributed by atoms with Crippen LogP contribution in [0.5, 0.6) is 11.5 Å². The van der Waals surface area contributed by atoms with Gasteiger partial charge in [-0.3, -0.25) is 9.55 Å². The second kappa shape index (κ2) is 7.66. The topological polar surface area (TPSA) is 112 Å². The number of rotatable bonds is 7. The predicted octanol–water partition coefficient (Wildman–Crippen LogP) is 2.83. The van der Waals surface area contributed by atoms with E-state index in [1.54, 1.807) is 50.5 Å². The zero-order valence-electron chi connectivity index (χ0n) is 13.5. The standard InChI is InChI=1S/C16H21N2O5P/c1-3-23-15-8-12(7-11(2)16(15)19)14(10-24(20,21)22)18-13-5-4-6-17-9-13/h4-9,14,18-19H,3,10H2,1-2H3,(H2,20,21,22). The molecule has 2 rings (SSSR count). The molecule has 1 atom stereocenters. The van der Waals surface area contributed by atoms with E-state index in [0.717, 1.165) is 0 Å². The lowest BCUT2D eigenvalue weighted by Gasteiger charge is -2.22. The Hall–Kier alpha value is -2.08. The van der Waals surface area contributed by atoms with Gasteiger partial charge in [0.25, 0.3) is 0 Å². The largest absolute Gasteiger partial charge is 0.504 e. The van der Waals surface area contributed by atoms with Crippen LogP contribution in [0.3, 0.4) is 0 Å². The van der Waals surface area contributed by atoms with Crippen molar-refractivity contribution in [2.24, 2.45) is 0 Å². The first kappa shape index (κ1) is 18.3. The third-order valence-corrected chi connectivity index (χ3v) is 4.25. The van der Waals surface area contributed by atoms with Crippen LogP contribution in [-0.2, 0) is 4.57 Å². The van der Waals surface area contributed by atoms with Gasteiger partial charge >= 0.3 is 7.60 Å². The van der Waals surface area contributed by atoms with E-state index in [1.165, 1.54) is 0 Å². The molecule has 0 fully saturated rings. The number of aromatic nitrogens is 1. The van der Waals surface area contributed by atoms with Crippen LogP contribution in [0.25, 0.3) is 0 Å². The summed E-state index contributed by atoms with van der Waals surface area (Å²) in [6, 6.07) is 6.10. The monoisotopic (exact) mass is 352 g/mol. The van der Waals surface area contributed by atoms with Crippen molar-refractivity contribution in [2.75, 3.05) is 18.1 Å². The van der Waals surface area contributed by atoms with Crippen molar-refractivity contribution in [3.05, 3.63) is 47.8 Å². The smallest absolute Gasteiger partial charge is 0.327 e. The summed E-state index contributed by atoms with van der Waals surface area (Å²) < 4.78 is 16.9. The Morgan fingerprint density at radius 3 is 2.71 bits per heavy atom. The van der Waals surface area contributed by atoms with Gasteiger partial charge in [0.15, 0.2) is 11.5 Å². The highest BCUT2D eigenvalue weighted by Gasteiger charge is 2.24. The lowest BCUT2D eigenvalue weighted by atomic mass is 10.0. The fourth-order valence-electron chi connectivity index (χ4n) is 2.36. The molecule has 2 aromatic rings. The molecule has 1 unspecified atom stereocenters. The third-order valence-electron chi connectivity index (χ3n) is 3.41. The Labute approximate surface area is 140 Å². The number of nitrogens with one attached hydrogen (secondary N) is 1. The summed E-state index contributed by atoms with van der Waals surface area (Å²) >= 11 is 0. The zero-order valence-corrected chi connectivity index (χ0v) is 14.4. The van der Waals surface area contributed by atoms with Crippen LogP contribution in [0.1, 0.15) is 24.1 Å². The SMILES string of the molecule is CCOc1cc(C(CP(=O)(O)O)Nc2cccnc2)cc(C)c1O. The van der Waals surface area contributed by atoms with Crippen LogP contribution >= 0.6 is 7.60 Å². The number of hydrogen-bond acceptors (Lipinski definition) is 5. The number of aryl methyl sites for hydroxylation is 1. The zero-order chi connectivity index (χ0) is 17.7. The summed E-state index contributed by atoms with van der Waals surface area (Å²) in [6.45, 7) is 3.87. The summed E-state index contributed by atoms with van der Waals surface area (Å²) in [5, 5.41) is 13.1.